The molecule has 4 rings (SSSR count). The van der Waals surface area contributed by atoms with Crippen molar-refractivity contribution in [3.63, 3.8) is 0 Å². The highest BCUT2D eigenvalue weighted by molar-refractivity contribution is 5.96. The van der Waals surface area contributed by atoms with E-state index in [0.29, 0.717) is 31.8 Å². The van der Waals surface area contributed by atoms with Crippen LogP contribution in [0, 0.1) is 0 Å². The van der Waals surface area contributed by atoms with Crippen molar-refractivity contribution in [1.29, 1.82) is 0 Å². The molecule has 0 unspecified atom stereocenters. The van der Waals surface area contributed by atoms with Crippen molar-refractivity contribution in [2.75, 3.05) is 33.9 Å². The summed E-state index contributed by atoms with van der Waals surface area (Å²) in [5, 5.41) is 0. The molecule has 0 aliphatic carbocycles. The van der Waals surface area contributed by atoms with E-state index < -0.39 is 6.09 Å². The molecule has 7 nitrogen and oxygen atoms in total. The minimum Gasteiger partial charge on any atom is -0.497 e. The first-order valence-electron chi connectivity index (χ1n) is 10.4. The predicted octanol–water partition coefficient (Wildman–Crippen LogP) is 3.22. The van der Waals surface area contributed by atoms with Crippen LogP contribution in [0.15, 0.2) is 65.9 Å². The largest absolute Gasteiger partial charge is 0.497 e. The lowest BCUT2D eigenvalue weighted by Crippen LogP contribution is -2.51. The summed E-state index contributed by atoms with van der Waals surface area (Å²) in [4.78, 5) is 31.4. The lowest BCUT2D eigenvalue weighted by atomic mass is 10.0. The monoisotopic (exact) mass is 421 g/mol. The van der Waals surface area contributed by atoms with Crippen LogP contribution in [-0.4, -0.2) is 60.6 Å². The van der Waals surface area contributed by atoms with Gasteiger partial charge in [0, 0.05) is 32.3 Å². The Morgan fingerprint density at radius 2 is 1.77 bits per heavy atom. The zero-order valence-corrected chi connectivity index (χ0v) is 17.9. The maximum absolute atomic E-state index is 13.2. The van der Waals surface area contributed by atoms with Gasteiger partial charge >= 0.3 is 6.09 Å². The number of nitrogens with zero attached hydrogens (tertiary/aromatic N) is 3. The highest BCUT2D eigenvalue weighted by atomic mass is 16.6. The average molecular weight is 421 g/mol. The van der Waals surface area contributed by atoms with Gasteiger partial charge in [0.05, 0.1) is 25.9 Å². The van der Waals surface area contributed by atoms with E-state index in [1.54, 1.807) is 12.0 Å². The Balaban J connectivity index is 1.39. The van der Waals surface area contributed by atoms with Gasteiger partial charge in [0.25, 0.3) is 5.91 Å². The molecule has 0 spiro atoms. The molecule has 0 saturated carbocycles. The van der Waals surface area contributed by atoms with Crippen LogP contribution in [0.4, 0.5) is 4.79 Å². The second-order valence-corrected chi connectivity index (χ2v) is 7.83. The van der Waals surface area contributed by atoms with Crippen molar-refractivity contribution in [3.8, 4) is 5.75 Å². The van der Waals surface area contributed by atoms with Crippen LogP contribution in [-0.2, 0) is 22.7 Å². The van der Waals surface area contributed by atoms with Crippen LogP contribution in [0.25, 0.3) is 0 Å². The number of amides is 2. The van der Waals surface area contributed by atoms with Crippen LogP contribution in [0.5, 0.6) is 5.75 Å². The number of ether oxygens (including phenoxy) is 2. The Morgan fingerprint density at radius 1 is 1.03 bits per heavy atom. The normalized spacial score (nSPS) is 16.3. The molecule has 2 aliphatic rings. The summed E-state index contributed by atoms with van der Waals surface area (Å²) in [6, 6.07) is 17.3. The molecule has 0 N–H and O–H groups in total. The van der Waals surface area contributed by atoms with Crippen LogP contribution in [0.1, 0.15) is 17.5 Å². The first-order chi connectivity index (χ1) is 15.0. The average Bonchev–Trinajstić information content (AvgIpc) is 2.81. The number of carbonyl (C=O) groups excluding carboxylic acids is 2. The molecule has 0 aromatic heterocycles. The highest BCUT2D eigenvalue weighted by Crippen LogP contribution is 2.28. The maximum Gasteiger partial charge on any atom is 0.410 e. The van der Waals surface area contributed by atoms with Crippen molar-refractivity contribution in [2.24, 2.45) is 0 Å². The van der Waals surface area contributed by atoms with Crippen LogP contribution < -0.4 is 4.74 Å². The van der Waals surface area contributed by atoms with E-state index in [0.717, 1.165) is 22.6 Å². The van der Waals surface area contributed by atoms with Crippen LogP contribution in [0.3, 0.4) is 0 Å². The Morgan fingerprint density at radius 3 is 2.48 bits per heavy atom. The number of methoxy groups -OCH3 is 1. The van der Waals surface area contributed by atoms with Crippen molar-refractivity contribution in [3.05, 3.63) is 77.0 Å². The number of hydrogen-bond donors (Lipinski definition) is 0. The number of rotatable bonds is 5. The summed E-state index contributed by atoms with van der Waals surface area (Å²) < 4.78 is 10.6. The zero-order valence-electron chi connectivity index (χ0n) is 17.9. The third kappa shape index (κ3) is 4.66. The van der Waals surface area contributed by atoms with Crippen LogP contribution in [0.2, 0.25) is 0 Å². The molecular formula is C24H27N3O4. The van der Waals surface area contributed by atoms with Gasteiger partial charge in [-0.1, -0.05) is 42.5 Å². The van der Waals surface area contributed by atoms with E-state index >= 15 is 0 Å². The fourth-order valence-electron chi connectivity index (χ4n) is 4.00. The predicted molar refractivity (Wildman–Crippen MR) is 116 cm³/mol. The number of carbonyl (C=O) groups is 2. The third-order valence-corrected chi connectivity index (χ3v) is 5.70. The van der Waals surface area contributed by atoms with Gasteiger partial charge < -0.3 is 24.2 Å². The van der Waals surface area contributed by atoms with E-state index in [-0.39, 0.29) is 19.1 Å². The highest BCUT2D eigenvalue weighted by Gasteiger charge is 2.35. The molecule has 2 aromatic rings. The van der Waals surface area contributed by atoms with Crippen molar-refractivity contribution < 1.29 is 19.1 Å². The first kappa shape index (κ1) is 20.8. The fraction of sp³-hybridized carbons (Fsp3) is 0.333. The second kappa shape index (κ2) is 9.12. The SMILES string of the molecule is COc1ccc(COC(=O)N2CCC3=C(C2)C(=O)N(Cc2ccccc2)CN3C)cc1. The number of hydrogen-bond acceptors (Lipinski definition) is 5. The van der Waals surface area contributed by atoms with E-state index in [9.17, 15) is 9.59 Å². The molecule has 0 saturated heterocycles. The van der Waals surface area contributed by atoms with Gasteiger partial charge in [-0.05, 0) is 23.3 Å². The summed E-state index contributed by atoms with van der Waals surface area (Å²) in [5.74, 6) is 0.746. The van der Waals surface area contributed by atoms with Gasteiger partial charge in [-0.2, -0.15) is 0 Å². The minimum atomic E-state index is -0.405. The van der Waals surface area contributed by atoms with E-state index in [1.807, 2.05) is 66.5 Å². The standard InChI is InChI=1S/C24H27N3O4/c1-25-17-27(14-18-6-4-3-5-7-18)23(28)21-15-26(13-12-22(21)25)24(29)31-16-19-8-10-20(30-2)11-9-19/h3-11H,12-17H2,1-2H3. The minimum absolute atomic E-state index is 0.00962. The molecule has 7 heteroatoms. The Kier molecular flexibility index (Phi) is 6.11. The van der Waals surface area contributed by atoms with Gasteiger partial charge in [0.2, 0.25) is 0 Å². The molecule has 0 atom stereocenters. The van der Waals surface area contributed by atoms with Crippen LogP contribution >= 0.6 is 0 Å². The summed E-state index contributed by atoms with van der Waals surface area (Å²) in [5.41, 5.74) is 3.67. The summed E-state index contributed by atoms with van der Waals surface area (Å²) in [7, 11) is 3.61. The first-order valence-corrected chi connectivity index (χ1v) is 10.4. The van der Waals surface area contributed by atoms with E-state index in [4.69, 9.17) is 9.47 Å². The van der Waals surface area contributed by atoms with Crippen molar-refractivity contribution in [2.45, 2.75) is 19.6 Å². The summed E-state index contributed by atoms with van der Waals surface area (Å²) >= 11 is 0. The van der Waals surface area contributed by atoms with Crippen molar-refractivity contribution >= 4 is 12.0 Å². The van der Waals surface area contributed by atoms with Gasteiger partial charge in [-0.25, -0.2) is 4.79 Å². The molecule has 2 aliphatic heterocycles. The molecular weight excluding hydrogens is 394 g/mol. The fourth-order valence-corrected chi connectivity index (χ4v) is 4.00. The molecule has 2 amide bonds. The van der Waals surface area contributed by atoms with E-state index in [1.165, 1.54) is 0 Å². The third-order valence-electron chi connectivity index (χ3n) is 5.70. The van der Waals surface area contributed by atoms with Crippen molar-refractivity contribution in [1.82, 2.24) is 14.7 Å². The summed E-state index contributed by atoms with van der Waals surface area (Å²) in [6.45, 7) is 2.08. The molecule has 0 fully saturated rings. The summed E-state index contributed by atoms with van der Waals surface area (Å²) in [6.07, 6.45) is 0.243. The van der Waals surface area contributed by atoms with Gasteiger partial charge in [-0.15, -0.1) is 0 Å². The molecule has 31 heavy (non-hydrogen) atoms. The molecule has 0 radical (unpaired) electrons. The topological polar surface area (TPSA) is 62.3 Å². The Labute approximate surface area is 182 Å². The second-order valence-electron chi connectivity index (χ2n) is 7.83. The molecule has 2 heterocycles. The lowest BCUT2D eigenvalue weighted by Gasteiger charge is -2.42. The van der Waals surface area contributed by atoms with Gasteiger partial charge in [0.15, 0.2) is 0 Å². The van der Waals surface area contributed by atoms with Gasteiger partial charge in [-0.3, -0.25) is 4.79 Å². The zero-order chi connectivity index (χ0) is 21.8. The van der Waals surface area contributed by atoms with E-state index in [2.05, 4.69) is 4.90 Å². The molecule has 2 aromatic carbocycles. The molecule has 0 bridgehead atoms. The smallest absolute Gasteiger partial charge is 0.410 e. The Hall–Kier alpha value is -3.48. The quantitative estimate of drug-likeness (QED) is 0.742. The Bertz CT molecular complexity index is 972. The lowest BCUT2D eigenvalue weighted by molar-refractivity contribution is -0.131. The van der Waals surface area contributed by atoms with Gasteiger partial charge in [0.1, 0.15) is 12.4 Å². The maximum atomic E-state index is 13.2. The number of benzene rings is 2. The molecule has 162 valence electrons.